The molecule has 0 saturated heterocycles. The summed E-state index contributed by atoms with van der Waals surface area (Å²) in [7, 11) is 0. The first kappa shape index (κ1) is 13.9. The van der Waals surface area contributed by atoms with Gasteiger partial charge in [-0.2, -0.15) is 0 Å². The van der Waals surface area contributed by atoms with Gasteiger partial charge in [0.1, 0.15) is 0 Å². The highest BCUT2D eigenvalue weighted by atomic mass is 32.2. The molecule has 0 aromatic heterocycles. The Kier molecular flexibility index (Phi) is 5.35. The lowest BCUT2D eigenvalue weighted by Gasteiger charge is -2.11. The lowest BCUT2D eigenvalue weighted by molar-refractivity contribution is 0.0956. The Morgan fingerprint density at radius 3 is 2.71 bits per heavy atom. The summed E-state index contributed by atoms with van der Waals surface area (Å²) in [6, 6.07) is 5.50. The van der Waals surface area contributed by atoms with E-state index in [2.05, 4.69) is 19.2 Å². The van der Waals surface area contributed by atoms with Crippen molar-refractivity contribution in [2.45, 2.75) is 37.3 Å². The molecule has 17 heavy (non-hydrogen) atoms. The number of benzene rings is 1. The lowest BCUT2D eigenvalue weighted by atomic mass is 10.2. The van der Waals surface area contributed by atoms with Gasteiger partial charge < -0.3 is 11.1 Å². The fourth-order valence-corrected chi connectivity index (χ4v) is 2.30. The highest BCUT2D eigenvalue weighted by Gasteiger charge is 2.09. The summed E-state index contributed by atoms with van der Waals surface area (Å²) < 4.78 is 0. The van der Waals surface area contributed by atoms with Gasteiger partial charge >= 0.3 is 0 Å². The van der Waals surface area contributed by atoms with E-state index in [0.29, 0.717) is 23.0 Å². The molecule has 4 heteroatoms. The Labute approximate surface area is 107 Å². The van der Waals surface area contributed by atoms with Crippen LogP contribution in [-0.4, -0.2) is 17.7 Å². The van der Waals surface area contributed by atoms with Crippen molar-refractivity contribution in [1.29, 1.82) is 0 Å². The Bertz CT molecular complexity index is 393. The van der Waals surface area contributed by atoms with Gasteiger partial charge in [0.15, 0.2) is 0 Å². The number of nitrogens with two attached hydrogens (primary N) is 1. The number of hydrogen-bond acceptors (Lipinski definition) is 3. The molecule has 0 heterocycles. The van der Waals surface area contributed by atoms with Crippen LogP contribution in [0.25, 0.3) is 0 Å². The predicted molar refractivity (Wildman–Crippen MR) is 74.5 cm³/mol. The van der Waals surface area contributed by atoms with Crippen LogP contribution < -0.4 is 11.1 Å². The van der Waals surface area contributed by atoms with Crippen molar-refractivity contribution in [2.75, 3.05) is 12.3 Å². The van der Waals surface area contributed by atoms with Crippen molar-refractivity contribution in [1.82, 2.24) is 5.32 Å². The minimum Gasteiger partial charge on any atom is -0.398 e. The van der Waals surface area contributed by atoms with E-state index in [0.717, 1.165) is 11.3 Å². The lowest BCUT2D eigenvalue weighted by Crippen LogP contribution is -2.22. The van der Waals surface area contributed by atoms with Gasteiger partial charge in [-0.05, 0) is 31.5 Å². The Morgan fingerprint density at radius 2 is 2.18 bits per heavy atom. The second-order valence-electron chi connectivity index (χ2n) is 3.95. The monoisotopic (exact) mass is 252 g/mol. The summed E-state index contributed by atoms with van der Waals surface area (Å²) in [5, 5.41) is 3.29. The van der Waals surface area contributed by atoms with E-state index < -0.39 is 0 Å². The van der Waals surface area contributed by atoms with E-state index in [1.54, 1.807) is 17.8 Å². The highest BCUT2D eigenvalue weighted by molar-refractivity contribution is 8.00. The molecule has 0 aliphatic rings. The quantitative estimate of drug-likeness (QED) is 0.626. The van der Waals surface area contributed by atoms with E-state index in [4.69, 9.17) is 5.73 Å². The third-order valence-corrected chi connectivity index (χ3v) is 3.87. The summed E-state index contributed by atoms with van der Waals surface area (Å²) in [4.78, 5) is 12.7. The molecule has 94 valence electrons. The molecule has 0 aliphatic heterocycles. The molecule has 0 saturated carbocycles. The molecule has 1 unspecified atom stereocenters. The third kappa shape index (κ3) is 3.97. The van der Waals surface area contributed by atoms with Crippen LogP contribution in [0, 0.1) is 0 Å². The van der Waals surface area contributed by atoms with Crippen molar-refractivity contribution in [3.8, 4) is 0 Å². The fourth-order valence-electron chi connectivity index (χ4n) is 1.36. The first-order valence-corrected chi connectivity index (χ1v) is 6.80. The molecular formula is C13H20N2OS. The van der Waals surface area contributed by atoms with Gasteiger partial charge in [-0.25, -0.2) is 0 Å². The summed E-state index contributed by atoms with van der Waals surface area (Å²) in [6.45, 7) is 6.84. The fraction of sp³-hybridized carbons (Fsp3) is 0.462. The number of amides is 1. The van der Waals surface area contributed by atoms with Crippen molar-refractivity contribution in [2.24, 2.45) is 0 Å². The van der Waals surface area contributed by atoms with Crippen molar-refractivity contribution >= 4 is 23.4 Å². The van der Waals surface area contributed by atoms with E-state index in [9.17, 15) is 4.79 Å². The first-order valence-electron chi connectivity index (χ1n) is 5.92. The Hall–Kier alpha value is -1.16. The maximum Gasteiger partial charge on any atom is 0.251 e. The van der Waals surface area contributed by atoms with Crippen LogP contribution in [-0.2, 0) is 0 Å². The van der Waals surface area contributed by atoms with Crippen LogP contribution in [0.1, 0.15) is 37.6 Å². The molecule has 3 nitrogen and oxygen atoms in total. The van der Waals surface area contributed by atoms with Gasteiger partial charge in [-0.3, -0.25) is 4.79 Å². The molecule has 0 spiro atoms. The SMILES string of the molecule is CCNC(=O)c1ccc(SC(C)CC)c(N)c1. The highest BCUT2D eigenvalue weighted by Crippen LogP contribution is 2.30. The molecule has 3 N–H and O–H groups in total. The number of carbonyl (C=O) groups excluding carboxylic acids is 1. The molecule has 0 aliphatic carbocycles. The molecule has 1 aromatic rings. The van der Waals surface area contributed by atoms with E-state index in [1.807, 2.05) is 19.1 Å². The number of nitrogen functional groups attached to an aromatic ring is 1. The van der Waals surface area contributed by atoms with Crippen LogP contribution in [0.4, 0.5) is 5.69 Å². The number of carbonyl (C=O) groups is 1. The molecule has 1 rings (SSSR count). The van der Waals surface area contributed by atoms with Crippen LogP contribution in [0.5, 0.6) is 0 Å². The summed E-state index contributed by atoms with van der Waals surface area (Å²) >= 11 is 1.75. The van der Waals surface area contributed by atoms with Gasteiger partial charge in [0.2, 0.25) is 0 Å². The molecule has 1 aromatic carbocycles. The number of hydrogen-bond donors (Lipinski definition) is 2. The Morgan fingerprint density at radius 1 is 1.47 bits per heavy atom. The number of rotatable bonds is 5. The molecule has 0 radical (unpaired) electrons. The second-order valence-corrected chi connectivity index (χ2v) is 5.43. The minimum absolute atomic E-state index is 0.0701. The average Bonchev–Trinajstić information content (AvgIpc) is 2.31. The van der Waals surface area contributed by atoms with Crippen molar-refractivity contribution in [3.05, 3.63) is 23.8 Å². The predicted octanol–water partition coefficient (Wildman–Crippen LogP) is 2.91. The second kappa shape index (κ2) is 6.55. The van der Waals surface area contributed by atoms with Crippen LogP contribution in [0.3, 0.4) is 0 Å². The largest absolute Gasteiger partial charge is 0.398 e. The third-order valence-electron chi connectivity index (χ3n) is 2.51. The van der Waals surface area contributed by atoms with Gasteiger partial charge in [0.25, 0.3) is 5.91 Å². The average molecular weight is 252 g/mol. The number of nitrogens with one attached hydrogen (secondary N) is 1. The summed E-state index contributed by atoms with van der Waals surface area (Å²) in [5.74, 6) is -0.0701. The summed E-state index contributed by atoms with van der Waals surface area (Å²) in [5.41, 5.74) is 7.26. The number of anilines is 1. The van der Waals surface area contributed by atoms with Gasteiger partial charge in [0.05, 0.1) is 0 Å². The molecule has 0 bridgehead atoms. The van der Waals surface area contributed by atoms with Crippen LogP contribution in [0.2, 0.25) is 0 Å². The molecule has 1 atom stereocenters. The number of thioether (sulfide) groups is 1. The van der Waals surface area contributed by atoms with Crippen molar-refractivity contribution in [3.63, 3.8) is 0 Å². The topological polar surface area (TPSA) is 55.1 Å². The minimum atomic E-state index is -0.0701. The smallest absolute Gasteiger partial charge is 0.251 e. The Balaban J connectivity index is 2.82. The zero-order valence-electron chi connectivity index (χ0n) is 10.6. The maximum absolute atomic E-state index is 11.6. The van der Waals surface area contributed by atoms with Crippen LogP contribution >= 0.6 is 11.8 Å². The van der Waals surface area contributed by atoms with Gasteiger partial charge in [-0.1, -0.05) is 13.8 Å². The van der Waals surface area contributed by atoms with E-state index in [1.165, 1.54) is 0 Å². The normalized spacial score (nSPS) is 12.2. The standard InChI is InChI=1S/C13H20N2OS/c1-4-9(3)17-12-7-6-10(8-11(12)14)13(16)15-5-2/h6-9H,4-5,14H2,1-3H3,(H,15,16). The molecule has 1 amide bonds. The van der Waals surface area contributed by atoms with Gasteiger partial charge in [0, 0.05) is 27.9 Å². The molecule has 0 fully saturated rings. The van der Waals surface area contributed by atoms with Crippen LogP contribution in [0.15, 0.2) is 23.1 Å². The first-order chi connectivity index (χ1) is 8.08. The van der Waals surface area contributed by atoms with Gasteiger partial charge in [-0.15, -0.1) is 11.8 Å². The molecular weight excluding hydrogens is 232 g/mol. The van der Waals surface area contributed by atoms with E-state index in [-0.39, 0.29) is 5.91 Å². The zero-order valence-corrected chi connectivity index (χ0v) is 11.4. The van der Waals surface area contributed by atoms with E-state index >= 15 is 0 Å². The zero-order chi connectivity index (χ0) is 12.8. The summed E-state index contributed by atoms with van der Waals surface area (Å²) in [6.07, 6.45) is 1.10. The maximum atomic E-state index is 11.6. The van der Waals surface area contributed by atoms with Crippen molar-refractivity contribution < 1.29 is 4.79 Å².